The number of nitrogens with two attached hydrogens (primary N) is 1. The maximum atomic E-state index is 12.6. The number of ether oxygens (including phenoxy) is 1. The number of amides is 1. The zero-order valence-electron chi connectivity index (χ0n) is 12.4. The number of carbonyl (C=O) groups excluding carboxylic acids is 1. The highest BCUT2D eigenvalue weighted by molar-refractivity contribution is 9.10. The first kappa shape index (κ1) is 16.5. The predicted octanol–water partition coefficient (Wildman–Crippen LogP) is 2.69. The molecule has 1 amide bonds. The summed E-state index contributed by atoms with van der Waals surface area (Å²) in [6.07, 6.45) is 3.66. The topological polar surface area (TPSA) is 55.6 Å². The monoisotopic (exact) mass is 354 g/mol. The lowest BCUT2D eigenvalue weighted by Crippen LogP contribution is -2.44. The van der Waals surface area contributed by atoms with Gasteiger partial charge in [0, 0.05) is 30.8 Å². The number of benzene rings is 1. The molecule has 0 aromatic heterocycles. The maximum Gasteiger partial charge on any atom is 0.240 e. The average Bonchev–Trinajstić information content (AvgIpc) is 3.30. The van der Waals surface area contributed by atoms with Gasteiger partial charge in [0.05, 0.1) is 6.04 Å². The summed E-state index contributed by atoms with van der Waals surface area (Å²) in [5.41, 5.74) is 7.18. The lowest BCUT2D eigenvalue weighted by molar-refractivity contribution is -0.134. The molecule has 1 fully saturated rings. The summed E-state index contributed by atoms with van der Waals surface area (Å²) in [4.78, 5) is 14.5. The van der Waals surface area contributed by atoms with Gasteiger partial charge in [-0.2, -0.15) is 0 Å². The number of nitrogens with zero attached hydrogens (tertiary/aromatic N) is 1. The van der Waals surface area contributed by atoms with Crippen molar-refractivity contribution in [3.05, 3.63) is 34.3 Å². The Bertz CT molecular complexity index is 477. The van der Waals surface area contributed by atoms with Crippen LogP contribution in [0.5, 0.6) is 0 Å². The van der Waals surface area contributed by atoms with Gasteiger partial charge in [0.1, 0.15) is 0 Å². The number of methoxy groups -OCH3 is 1. The summed E-state index contributed by atoms with van der Waals surface area (Å²) in [6, 6.07) is 7.95. The first-order valence-corrected chi connectivity index (χ1v) is 8.21. The van der Waals surface area contributed by atoms with Gasteiger partial charge < -0.3 is 15.4 Å². The Morgan fingerprint density at radius 2 is 2.19 bits per heavy atom. The number of halogens is 1. The molecule has 0 radical (unpaired) electrons. The fourth-order valence-corrected chi connectivity index (χ4v) is 2.78. The van der Waals surface area contributed by atoms with Crippen LogP contribution in [0.25, 0.3) is 0 Å². The van der Waals surface area contributed by atoms with Gasteiger partial charge in [-0.15, -0.1) is 0 Å². The van der Waals surface area contributed by atoms with E-state index in [0.29, 0.717) is 25.6 Å². The second-order valence-electron chi connectivity index (χ2n) is 5.53. The van der Waals surface area contributed by atoms with E-state index in [1.807, 2.05) is 29.2 Å². The van der Waals surface area contributed by atoms with E-state index in [4.69, 9.17) is 10.5 Å². The summed E-state index contributed by atoms with van der Waals surface area (Å²) in [6.45, 7) is 1.28. The Morgan fingerprint density at radius 3 is 2.81 bits per heavy atom. The second kappa shape index (κ2) is 7.92. The van der Waals surface area contributed by atoms with E-state index in [-0.39, 0.29) is 5.91 Å². The van der Waals surface area contributed by atoms with Crippen molar-refractivity contribution in [1.29, 1.82) is 0 Å². The van der Waals surface area contributed by atoms with E-state index in [1.54, 1.807) is 7.11 Å². The summed E-state index contributed by atoms with van der Waals surface area (Å²) >= 11 is 3.55. The molecular weight excluding hydrogens is 332 g/mol. The van der Waals surface area contributed by atoms with Crippen LogP contribution in [-0.4, -0.2) is 36.6 Å². The fourth-order valence-electron chi connectivity index (χ4n) is 2.37. The Balaban J connectivity index is 1.98. The third-order valence-corrected chi connectivity index (χ3v) is 4.52. The van der Waals surface area contributed by atoms with Crippen molar-refractivity contribution in [2.45, 2.75) is 44.3 Å². The average molecular weight is 355 g/mol. The Labute approximate surface area is 134 Å². The van der Waals surface area contributed by atoms with E-state index >= 15 is 0 Å². The Hall–Kier alpha value is -0.910. The van der Waals surface area contributed by atoms with Crippen molar-refractivity contribution in [3.63, 3.8) is 0 Å². The number of carbonyl (C=O) groups is 1. The van der Waals surface area contributed by atoms with Crippen LogP contribution in [0.2, 0.25) is 0 Å². The highest BCUT2D eigenvalue weighted by Crippen LogP contribution is 2.30. The molecule has 0 spiro atoms. The molecular formula is C16H23BrN2O2. The smallest absolute Gasteiger partial charge is 0.240 e. The third kappa shape index (κ3) is 4.80. The maximum absolute atomic E-state index is 12.6. The molecule has 5 heteroatoms. The molecule has 4 nitrogen and oxygen atoms in total. The summed E-state index contributed by atoms with van der Waals surface area (Å²) < 4.78 is 6.06. The molecule has 116 valence electrons. The largest absolute Gasteiger partial charge is 0.385 e. The van der Waals surface area contributed by atoms with Crippen molar-refractivity contribution in [1.82, 2.24) is 4.90 Å². The van der Waals surface area contributed by atoms with Crippen molar-refractivity contribution in [3.8, 4) is 0 Å². The first-order valence-electron chi connectivity index (χ1n) is 7.42. The SMILES string of the molecule is COCCCC(N)C(=O)N(Cc1ccccc1Br)C1CC1. The molecule has 2 N–H and O–H groups in total. The number of hydrogen-bond donors (Lipinski definition) is 1. The van der Waals surface area contributed by atoms with Gasteiger partial charge in [0.2, 0.25) is 5.91 Å². The minimum Gasteiger partial charge on any atom is -0.385 e. The van der Waals surface area contributed by atoms with Crippen molar-refractivity contribution >= 4 is 21.8 Å². The molecule has 0 aliphatic heterocycles. The molecule has 0 bridgehead atoms. The molecule has 1 unspecified atom stereocenters. The fraction of sp³-hybridized carbons (Fsp3) is 0.562. The van der Waals surface area contributed by atoms with E-state index in [0.717, 1.165) is 29.3 Å². The van der Waals surface area contributed by atoms with Gasteiger partial charge in [-0.05, 0) is 37.3 Å². The zero-order chi connectivity index (χ0) is 15.2. The molecule has 1 atom stereocenters. The van der Waals surface area contributed by atoms with E-state index < -0.39 is 6.04 Å². The van der Waals surface area contributed by atoms with Crippen LogP contribution in [0, 0.1) is 0 Å². The van der Waals surface area contributed by atoms with Crippen LogP contribution in [0.1, 0.15) is 31.2 Å². The quantitative estimate of drug-likeness (QED) is 0.730. The predicted molar refractivity (Wildman–Crippen MR) is 86.8 cm³/mol. The molecule has 1 aliphatic rings. The molecule has 1 aromatic carbocycles. The summed E-state index contributed by atoms with van der Waals surface area (Å²) in [5.74, 6) is 0.0596. The third-order valence-electron chi connectivity index (χ3n) is 3.75. The van der Waals surface area contributed by atoms with Crippen molar-refractivity contribution < 1.29 is 9.53 Å². The summed E-state index contributed by atoms with van der Waals surface area (Å²) in [5, 5.41) is 0. The summed E-state index contributed by atoms with van der Waals surface area (Å²) in [7, 11) is 1.66. The van der Waals surface area contributed by atoms with Crippen molar-refractivity contribution in [2.75, 3.05) is 13.7 Å². The Morgan fingerprint density at radius 1 is 1.48 bits per heavy atom. The molecule has 1 aliphatic carbocycles. The van der Waals surface area contributed by atoms with Crippen LogP contribution in [0.3, 0.4) is 0 Å². The number of hydrogen-bond acceptors (Lipinski definition) is 3. The Kier molecular flexibility index (Phi) is 6.21. The molecule has 21 heavy (non-hydrogen) atoms. The molecule has 2 rings (SSSR count). The van der Waals surface area contributed by atoms with Gasteiger partial charge >= 0.3 is 0 Å². The molecule has 1 aromatic rings. The van der Waals surface area contributed by atoms with Crippen LogP contribution >= 0.6 is 15.9 Å². The minimum absolute atomic E-state index is 0.0596. The van der Waals surface area contributed by atoms with Crippen molar-refractivity contribution in [2.24, 2.45) is 5.73 Å². The van der Waals surface area contributed by atoms with Gasteiger partial charge in [0.25, 0.3) is 0 Å². The van der Waals surface area contributed by atoms with Crippen LogP contribution in [0.15, 0.2) is 28.7 Å². The zero-order valence-corrected chi connectivity index (χ0v) is 14.0. The van der Waals surface area contributed by atoms with Crippen LogP contribution in [0.4, 0.5) is 0 Å². The van der Waals surface area contributed by atoms with E-state index in [9.17, 15) is 4.79 Å². The molecule has 0 heterocycles. The number of rotatable bonds is 8. The standard InChI is InChI=1S/C16H23BrN2O2/c1-21-10-4-7-15(18)16(20)19(13-8-9-13)11-12-5-2-3-6-14(12)17/h2-3,5-6,13,15H,4,7-11,18H2,1H3. The van der Waals surface area contributed by atoms with Crippen LogP contribution in [-0.2, 0) is 16.1 Å². The van der Waals surface area contributed by atoms with Gasteiger partial charge in [-0.1, -0.05) is 34.1 Å². The van der Waals surface area contributed by atoms with E-state index in [2.05, 4.69) is 15.9 Å². The molecule has 0 saturated heterocycles. The lowest BCUT2D eigenvalue weighted by atomic mass is 10.1. The van der Waals surface area contributed by atoms with Crippen LogP contribution < -0.4 is 5.73 Å². The highest BCUT2D eigenvalue weighted by Gasteiger charge is 2.34. The lowest BCUT2D eigenvalue weighted by Gasteiger charge is -2.26. The van der Waals surface area contributed by atoms with E-state index in [1.165, 1.54) is 0 Å². The minimum atomic E-state index is -0.428. The van der Waals surface area contributed by atoms with Gasteiger partial charge in [-0.3, -0.25) is 4.79 Å². The normalized spacial score (nSPS) is 15.8. The first-order chi connectivity index (χ1) is 10.1. The molecule has 1 saturated carbocycles. The van der Waals surface area contributed by atoms with Gasteiger partial charge in [0.15, 0.2) is 0 Å². The second-order valence-corrected chi connectivity index (χ2v) is 6.38. The van der Waals surface area contributed by atoms with Gasteiger partial charge in [-0.25, -0.2) is 0 Å². The highest BCUT2D eigenvalue weighted by atomic mass is 79.9.